The highest BCUT2D eigenvalue weighted by atomic mass is 32.2. The molecule has 1 aliphatic heterocycles. The first-order valence-electron chi connectivity index (χ1n) is 12.9. The molecule has 2 heterocycles. The SMILES string of the molecule is C[C@@H](C(=O)NCc1ccncc1)N(Cc1ccccc1)C(=O)CCc1ccc(S(=O)(=O)N2CCCC2)cc1. The molecule has 1 aliphatic rings. The first kappa shape index (κ1) is 27.5. The van der Waals surface area contributed by atoms with Gasteiger partial charge < -0.3 is 10.2 Å². The molecule has 0 saturated carbocycles. The van der Waals surface area contributed by atoms with Crippen LogP contribution in [0.5, 0.6) is 0 Å². The predicted octanol–water partition coefficient (Wildman–Crippen LogP) is 3.53. The molecule has 0 radical (unpaired) electrons. The number of aromatic nitrogens is 1. The summed E-state index contributed by atoms with van der Waals surface area (Å²) >= 11 is 0. The lowest BCUT2D eigenvalue weighted by Gasteiger charge is -2.29. The Morgan fingerprint density at radius 1 is 0.921 bits per heavy atom. The van der Waals surface area contributed by atoms with Gasteiger partial charge in [-0.25, -0.2) is 8.42 Å². The molecule has 38 heavy (non-hydrogen) atoms. The number of hydrogen-bond donors (Lipinski definition) is 1. The van der Waals surface area contributed by atoms with E-state index in [1.807, 2.05) is 42.5 Å². The summed E-state index contributed by atoms with van der Waals surface area (Å²) in [6.07, 6.45) is 5.76. The van der Waals surface area contributed by atoms with Gasteiger partial charge in [0.1, 0.15) is 6.04 Å². The molecule has 0 unspecified atom stereocenters. The van der Waals surface area contributed by atoms with E-state index in [9.17, 15) is 18.0 Å². The van der Waals surface area contributed by atoms with Crippen molar-refractivity contribution < 1.29 is 18.0 Å². The molecular formula is C29H34N4O4S. The summed E-state index contributed by atoms with van der Waals surface area (Å²) in [5.74, 6) is -0.378. The number of nitrogens with one attached hydrogen (secondary N) is 1. The van der Waals surface area contributed by atoms with Crippen LogP contribution in [0.25, 0.3) is 0 Å². The smallest absolute Gasteiger partial charge is 0.243 e. The molecule has 9 heteroatoms. The Morgan fingerprint density at radius 3 is 2.24 bits per heavy atom. The fraction of sp³-hybridized carbons (Fsp3) is 0.345. The fourth-order valence-corrected chi connectivity index (χ4v) is 6.02. The minimum atomic E-state index is -3.47. The van der Waals surface area contributed by atoms with Crippen LogP contribution < -0.4 is 5.32 Å². The van der Waals surface area contributed by atoms with Crippen molar-refractivity contribution in [2.75, 3.05) is 13.1 Å². The van der Waals surface area contributed by atoms with Crippen LogP contribution >= 0.6 is 0 Å². The molecule has 3 aromatic rings. The zero-order valence-electron chi connectivity index (χ0n) is 21.6. The number of benzene rings is 2. The summed E-state index contributed by atoms with van der Waals surface area (Å²) in [7, 11) is -3.47. The fourth-order valence-electron chi connectivity index (χ4n) is 4.50. The van der Waals surface area contributed by atoms with Crippen molar-refractivity contribution in [2.24, 2.45) is 0 Å². The second-order valence-corrected chi connectivity index (χ2v) is 11.4. The van der Waals surface area contributed by atoms with Gasteiger partial charge in [0, 0.05) is 45.0 Å². The van der Waals surface area contributed by atoms with E-state index in [-0.39, 0.29) is 23.1 Å². The summed E-state index contributed by atoms with van der Waals surface area (Å²) in [5, 5.41) is 2.92. The van der Waals surface area contributed by atoms with Crippen molar-refractivity contribution in [1.82, 2.24) is 19.5 Å². The molecule has 1 fully saturated rings. The minimum Gasteiger partial charge on any atom is -0.350 e. The van der Waals surface area contributed by atoms with Crippen molar-refractivity contribution in [3.63, 3.8) is 0 Å². The van der Waals surface area contributed by atoms with E-state index in [0.717, 1.165) is 29.5 Å². The maximum Gasteiger partial charge on any atom is 0.243 e. The van der Waals surface area contributed by atoms with E-state index in [1.165, 1.54) is 4.31 Å². The van der Waals surface area contributed by atoms with E-state index < -0.39 is 16.1 Å². The van der Waals surface area contributed by atoms with Gasteiger partial charge in [-0.2, -0.15) is 4.31 Å². The normalized spacial score (nSPS) is 14.7. The summed E-state index contributed by atoms with van der Waals surface area (Å²) < 4.78 is 27.1. The third-order valence-corrected chi connectivity index (χ3v) is 8.75. The first-order chi connectivity index (χ1) is 18.3. The number of hydrogen-bond acceptors (Lipinski definition) is 5. The zero-order valence-corrected chi connectivity index (χ0v) is 22.4. The molecule has 8 nitrogen and oxygen atoms in total. The van der Waals surface area contributed by atoms with Crippen molar-refractivity contribution in [1.29, 1.82) is 0 Å². The molecule has 1 aromatic heterocycles. The Labute approximate surface area is 224 Å². The molecule has 0 bridgehead atoms. The monoisotopic (exact) mass is 534 g/mol. The van der Waals surface area contributed by atoms with E-state index >= 15 is 0 Å². The lowest BCUT2D eigenvalue weighted by atomic mass is 10.1. The largest absolute Gasteiger partial charge is 0.350 e. The van der Waals surface area contributed by atoms with Crippen LogP contribution in [0.2, 0.25) is 0 Å². The quantitative estimate of drug-likeness (QED) is 0.406. The number of carbonyl (C=O) groups is 2. The van der Waals surface area contributed by atoms with Gasteiger partial charge in [0.15, 0.2) is 0 Å². The lowest BCUT2D eigenvalue weighted by molar-refractivity contribution is -0.140. The van der Waals surface area contributed by atoms with Crippen LogP contribution in [0.1, 0.15) is 42.9 Å². The molecule has 1 saturated heterocycles. The average molecular weight is 535 g/mol. The highest BCUT2D eigenvalue weighted by Gasteiger charge is 2.28. The van der Waals surface area contributed by atoms with Crippen molar-refractivity contribution in [3.05, 3.63) is 95.8 Å². The van der Waals surface area contributed by atoms with Gasteiger partial charge in [0.25, 0.3) is 0 Å². The zero-order chi connectivity index (χ0) is 27.0. The lowest BCUT2D eigenvalue weighted by Crippen LogP contribution is -2.47. The number of carbonyl (C=O) groups excluding carboxylic acids is 2. The third-order valence-electron chi connectivity index (χ3n) is 6.83. The van der Waals surface area contributed by atoms with Crippen molar-refractivity contribution >= 4 is 21.8 Å². The highest BCUT2D eigenvalue weighted by molar-refractivity contribution is 7.89. The van der Waals surface area contributed by atoms with E-state index in [0.29, 0.717) is 32.6 Å². The Hall–Kier alpha value is -3.56. The molecule has 0 aliphatic carbocycles. The van der Waals surface area contributed by atoms with Crippen molar-refractivity contribution in [2.45, 2.75) is 56.6 Å². The van der Waals surface area contributed by atoms with Gasteiger partial charge in [0.05, 0.1) is 4.90 Å². The van der Waals surface area contributed by atoms with Crippen LogP contribution in [0.15, 0.2) is 84.0 Å². The Kier molecular flexibility index (Phi) is 9.25. The standard InChI is InChI=1S/C29H34N4O4S/c1-23(29(35)31-21-25-15-17-30-18-16-25)33(22-26-7-3-2-4-8-26)28(34)14-11-24-9-12-27(13-10-24)38(36,37)32-19-5-6-20-32/h2-4,7-10,12-13,15-18,23H,5-6,11,14,19-22H2,1H3,(H,31,35)/t23-/m0/s1. The van der Waals surface area contributed by atoms with Crippen LogP contribution in [0.4, 0.5) is 0 Å². The molecular weight excluding hydrogens is 500 g/mol. The van der Waals surface area contributed by atoms with Gasteiger partial charge in [0.2, 0.25) is 21.8 Å². The van der Waals surface area contributed by atoms with Gasteiger partial charge in [-0.1, -0.05) is 42.5 Å². The Bertz CT molecular complexity index is 1310. The molecule has 200 valence electrons. The number of pyridine rings is 1. The van der Waals surface area contributed by atoms with E-state index in [2.05, 4.69) is 10.3 Å². The molecule has 2 amide bonds. The summed E-state index contributed by atoms with van der Waals surface area (Å²) in [4.78, 5) is 32.2. The number of aryl methyl sites for hydroxylation is 1. The third kappa shape index (κ3) is 7.05. The van der Waals surface area contributed by atoms with E-state index in [1.54, 1.807) is 48.5 Å². The summed E-state index contributed by atoms with van der Waals surface area (Å²) in [5.41, 5.74) is 2.73. The van der Waals surface area contributed by atoms with Crippen LogP contribution in [-0.2, 0) is 39.1 Å². The van der Waals surface area contributed by atoms with Crippen LogP contribution in [0, 0.1) is 0 Å². The molecule has 4 rings (SSSR count). The molecule has 1 N–H and O–H groups in total. The second-order valence-electron chi connectivity index (χ2n) is 9.51. The average Bonchev–Trinajstić information content (AvgIpc) is 3.51. The Balaban J connectivity index is 1.40. The Morgan fingerprint density at radius 2 is 1.58 bits per heavy atom. The predicted molar refractivity (Wildman–Crippen MR) is 145 cm³/mol. The number of sulfonamides is 1. The molecule has 1 atom stereocenters. The maximum atomic E-state index is 13.4. The number of amides is 2. The second kappa shape index (κ2) is 12.8. The van der Waals surface area contributed by atoms with Crippen LogP contribution in [-0.4, -0.2) is 53.6 Å². The topological polar surface area (TPSA) is 99.7 Å². The maximum absolute atomic E-state index is 13.4. The molecule has 2 aromatic carbocycles. The van der Waals surface area contributed by atoms with Crippen LogP contribution in [0.3, 0.4) is 0 Å². The number of rotatable bonds is 11. The van der Waals surface area contributed by atoms with Crippen molar-refractivity contribution in [3.8, 4) is 0 Å². The molecule has 0 spiro atoms. The van der Waals surface area contributed by atoms with Gasteiger partial charge in [-0.15, -0.1) is 0 Å². The number of nitrogens with zero attached hydrogens (tertiary/aromatic N) is 3. The van der Waals surface area contributed by atoms with Gasteiger partial charge in [-0.3, -0.25) is 14.6 Å². The van der Waals surface area contributed by atoms with Gasteiger partial charge in [-0.05, 0) is 67.1 Å². The first-order valence-corrected chi connectivity index (χ1v) is 14.4. The summed E-state index contributed by atoms with van der Waals surface area (Å²) in [6.45, 7) is 3.53. The minimum absolute atomic E-state index is 0.144. The summed E-state index contributed by atoms with van der Waals surface area (Å²) in [6, 6.07) is 19.3. The highest BCUT2D eigenvalue weighted by Crippen LogP contribution is 2.22. The van der Waals surface area contributed by atoms with E-state index in [4.69, 9.17) is 0 Å². The van der Waals surface area contributed by atoms with Gasteiger partial charge >= 0.3 is 0 Å².